The number of rotatable bonds is 0. The van der Waals surface area contributed by atoms with E-state index in [4.69, 9.17) is 0 Å². The Bertz CT molecular complexity index is 1250. The first kappa shape index (κ1) is 26.9. The van der Waals surface area contributed by atoms with Crippen molar-refractivity contribution in [3.05, 3.63) is 97.1 Å². The van der Waals surface area contributed by atoms with Crippen LogP contribution in [-0.2, 0) is 0 Å². The summed E-state index contributed by atoms with van der Waals surface area (Å²) in [5.74, 6) is 0. The SMILES string of the molecule is CC.CC.CC.CC.c1ccc2c(c1)c1ccccc1c1c3ccccc3c3ccccc3c21. The van der Waals surface area contributed by atoms with E-state index in [-0.39, 0.29) is 0 Å². The van der Waals surface area contributed by atoms with Gasteiger partial charge >= 0.3 is 0 Å². The molecule has 0 fully saturated rings. The third-order valence-corrected chi connectivity index (χ3v) is 5.62. The largest absolute Gasteiger partial charge is 0.0683 e. The maximum atomic E-state index is 2.27. The van der Waals surface area contributed by atoms with Crippen molar-refractivity contribution in [2.24, 2.45) is 0 Å². The zero-order valence-corrected chi connectivity index (χ0v) is 22.2. The molecule has 0 aliphatic carbocycles. The van der Waals surface area contributed by atoms with Gasteiger partial charge in [-0.15, -0.1) is 0 Å². The maximum absolute atomic E-state index is 2.27. The second-order valence-electron chi connectivity index (χ2n) is 6.93. The molecule has 0 N–H and O–H groups in total. The summed E-state index contributed by atoms with van der Waals surface area (Å²) < 4.78 is 0. The number of fused-ring (bicyclic) bond motifs is 11. The quantitative estimate of drug-likeness (QED) is 0.203. The number of hydrogen-bond donors (Lipinski definition) is 0. The highest BCUT2D eigenvalue weighted by atomic mass is 14.2. The van der Waals surface area contributed by atoms with Gasteiger partial charge < -0.3 is 0 Å². The van der Waals surface area contributed by atoms with Gasteiger partial charge in [0.15, 0.2) is 0 Å². The topological polar surface area (TPSA) is 0 Å². The summed E-state index contributed by atoms with van der Waals surface area (Å²) >= 11 is 0. The monoisotopic (exact) mass is 448 g/mol. The van der Waals surface area contributed by atoms with E-state index in [1.54, 1.807) is 0 Å². The minimum absolute atomic E-state index is 1.33. The predicted octanol–water partition coefficient (Wildman–Crippen LogP) is 11.6. The van der Waals surface area contributed by atoms with Gasteiger partial charge in [-0.1, -0.05) is 152 Å². The first-order valence-corrected chi connectivity index (χ1v) is 13.1. The molecule has 6 rings (SSSR count). The molecule has 34 heavy (non-hydrogen) atoms. The summed E-state index contributed by atoms with van der Waals surface area (Å²) in [6.45, 7) is 16.0. The summed E-state index contributed by atoms with van der Waals surface area (Å²) in [5, 5.41) is 13.4. The van der Waals surface area contributed by atoms with E-state index in [0.29, 0.717) is 0 Å². The van der Waals surface area contributed by atoms with Crippen LogP contribution in [0.25, 0.3) is 53.9 Å². The van der Waals surface area contributed by atoms with Gasteiger partial charge in [0.1, 0.15) is 0 Å². The summed E-state index contributed by atoms with van der Waals surface area (Å²) in [5.41, 5.74) is 0. The Morgan fingerprint density at radius 3 is 0.559 bits per heavy atom. The molecule has 0 nitrogen and oxygen atoms in total. The van der Waals surface area contributed by atoms with E-state index in [1.807, 2.05) is 55.4 Å². The van der Waals surface area contributed by atoms with Crippen LogP contribution in [0.1, 0.15) is 55.4 Å². The lowest BCUT2D eigenvalue weighted by atomic mass is 9.87. The molecule has 176 valence electrons. The molecule has 0 bridgehead atoms. The van der Waals surface area contributed by atoms with Crippen LogP contribution in [0, 0.1) is 0 Å². The summed E-state index contributed by atoms with van der Waals surface area (Å²) in [7, 11) is 0. The Morgan fingerprint density at radius 2 is 0.382 bits per heavy atom. The van der Waals surface area contributed by atoms with E-state index >= 15 is 0 Å². The zero-order chi connectivity index (χ0) is 25.1. The molecule has 0 aromatic heterocycles. The van der Waals surface area contributed by atoms with Crippen molar-refractivity contribution in [3.8, 4) is 0 Å². The van der Waals surface area contributed by atoms with Crippen LogP contribution in [0.5, 0.6) is 0 Å². The number of hydrogen-bond acceptors (Lipinski definition) is 0. The van der Waals surface area contributed by atoms with Crippen molar-refractivity contribution in [2.75, 3.05) is 0 Å². The minimum Gasteiger partial charge on any atom is -0.0683 e. The normalized spacial score (nSPS) is 9.76. The van der Waals surface area contributed by atoms with E-state index < -0.39 is 0 Å². The standard InChI is InChI=1S/C26H16.4C2H6/c1-5-13-21-17(9-1)18-10-2-6-14-22(18)26-24-16-8-4-12-20(24)19-11-3-7-15-23(19)25(21)26;4*1-2/h1-16H;4*1-2H3. The van der Waals surface area contributed by atoms with Gasteiger partial charge in [-0.05, 0) is 53.9 Å². The van der Waals surface area contributed by atoms with Crippen molar-refractivity contribution >= 4 is 53.9 Å². The molecule has 0 aliphatic rings. The van der Waals surface area contributed by atoms with Crippen LogP contribution in [0.4, 0.5) is 0 Å². The molecule has 0 aliphatic heterocycles. The Labute approximate surface area is 206 Å². The molecule has 0 amide bonds. The van der Waals surface area contributed by atoms with Gasteiger partial charge in [0, 0.05) is 0 Å². The Hall–Kier alpha value is -3.38. The van der Waals surface area contributed by atoms with Crippen molar-refractivity contribution in [3.63, 3.8) is 0 Å². The molecule has 0 spiro atoms. The van der Waals surface area contributed by atoms with E-state index in [2.05, 4.69) is 97.1 Å². The molecule has 0 heteroatoms. The zero-order valence-electron chi connectivity index (χ0n) is 22.2. The van der Waals surface area contributed by atoms with E-state index in [1.165, 1.54) is 53.9 Å². The smallest absolute Gasteiger partial charge is 0.00139 e. The minimum atomic E-state index is 1.33. The first-order chi connectivity index (χ1) is 16.9. The lowest BCUT2D eigenvalue weighted by Gasteiger charge is -2.16. The summed E-state index contributed by atoms with van der Waals surface area (Å²) in [6, 6.07) is 35.3. The van der Waals surface area contributed by atoms with Crippen molar-refractivity contribution in [1.82, 2.24) is 0 Å². The van der Waals surface area contributed by atoms with Crippen LogP contribution in [-0.4, -0.2) is 0 Å². The number of benzene rings is 6. The van der Waals surface area contributed by atoms with Gasteiger partial charge in [-0.3, -0.25) is 0 Å². The highest BCUT2D eigenvalue weighted by Gasteiger charge is 2.14. The average molecular weight is 449 g/mol. The van der Waals surface area contributed by atoms with Gasteiger partial charge in [-0.2, -0.15) is 0 Å². The Balaban J connectivity index is 0.000000467. The lowest BCUT2D eigenvalue weighted by Crippen LogP contribution is -1.87. The van der Waals surface area contributed by atoms with E-state index in [0.717, 1.165) is 0 Å². The fourth-order valence-electron chi connectivity index (χ4n) is 4.57. The van der Waals surface area contributed by atoms with Crippen molar-refractivity contribution in [2.45, 2.75) is 55.4 Å². The van der Waals surface area contributed by atoms with Gasteiger partial charge in [-0.25, -0.2) is 0 Å². The molecule has 6 aromatic rings. The van der Waals surface area contributed by atoms with Crippen LogP contribution in [0.2, 0.25) is 0 Å². The predicted molar refractivity (Wildman–Crippen MR) is 159 cm³/mol. The van der Waals surface area contributed by atoms with Gasteiger partial charge in [0.05, 0.1) is 0 Å². The Morgan fingerprint density at radius 1 is 0.235 bits per heavy atom. The third kappa shape index (κ3) is 4.64. The maximum Gasteiger partial charge on any atom is -0.00139 e. The second kappa shape index (κ2) is 13.4. The molecular formula is C34H40. The highest BCUT2D eigenvalue weighted by Crippen LogP contribution is 2.43. The highest BCUT2D eigenvalue weighted by molar-refractivity contribution is 6.39. The van der Waals surface area contributed by atoms with Gasteiger partial charge in [0.2, 0.25) is 0 Å². The average Bonchev–Trinajstić information content (AvgIpc) is 2.97. The fraction of sp³-hybridized carbons (Fsp3) is 0.235. The third-order valence-electron chi connectivity index (χ3n) is 5.62. The summed E-state index contributed by atoms with van der Waals surface area (Å²) in [6.07, 6.45) is 0. The van der Waals surface area contributed by atoms with Crippen LogP contribution < -0.4 is 0 Å². The molecule has 0 atom stereocenters. The van der Waals surface area contributed by atoms with Crippen molar-refractivity contribution in [1.29, 1.82) is 0 Å². The first-order valence-electron chi connectivity index (χ1n) is 13.1. The molecule has 6 aromatic carbocycles. The van der Waals surface area contributed by atoms with E-state index in [9.17, 15) is 0 Å². The molecular weight excluding hydrogens is 408 g/mol. The fourth-order valence-corrected chi connectivity index (χ4v) is 4.57. The van der Waals surface area contributed by atoms with Crippen LogP contribution >= 0.6 is 0 Å². The second-order valence-corrected chi connectivity index (χ2v) is 6.93. The van der Waals surface area contributed by atoms with Gasteiger partial charge in [0.25, 0.3) is 0 Å². The molecule has 0 saturated heterocycles. The van der Waals surface area contributed by atoms with Crippen molar-refractivity contribution < 1.29 is 0 Å². The summed E-state index contributed by atoms with van der Waals surface area (Å²) in [4.78, 5) is 0. The molecule has 0 unspecified atom stereocenters. The molecule has 0 radical (unpaired) electrons. The van der Waals surface area contributed by atoms with Crippen LogP contribution in [0.15, 0.2) is 97.1 Å². The molecule has 0 heterocycles. The Kier molecular flexibility index (Phi) is 10.6. The lowest BCUT2D eigenvalue weighted by molar-refractivity contribution is 1.50. The van der Waals surface area contributed by atoms with Crippen LogP contribution in [0.3, 0.4) is 0 Å². The molecule has 0 saturated carbocycles.